The van der Waals surface area contributed by atoms with E-state index in [1.54, 1.807) is 0 Å². The van der Waals surface area contributed by atoms with Crippen molar-refractivity contribution < 1.29 is 24.2 Å². The predicted molar refractivity (Wildman–Crippen MR) is 195 cm³/mol. The smallest absolute Gasteiger partial charge is 0.306 e. The minimum absolute atomic E-state index is 0.0331. The highest BCUT2D eigenvalue weighted by Crippen LogP contribution is 2.14. The number of aliphatic hydroxyl groups is 1. The summed E-state index contributed by atoms with van der Waals surface area (Å²) >= 11 is 0. The zero-order valence-corrected chi connectivity index (χ0v) is 30.9. The number of unbranched alkanes of at least 4 members (excludes halogenated alkanes) is 23. The average Bonchev–Trinajstić information content (AvgIpc) is 3.04. The second-order valence-corrected chi connectivity index (χ2v) is 13.6. The molecule has 0 aliphatic carbocycles. The summed E-state index contributed by atoms with van der Waals surface area (Å²) in [6, 6.07) is 0. The van der Waals surface area contributed by atoms with E-state index in [4.69, 9.17) is 9.47 Å². The van der Waals surface area contributed by atoms with Crippen molar-refractivity contribution >= 4 is 11.9 Å². The van der Waals surface area contributed by atoms with Crippen LogP contribution >= 0.6 is 0 Å². The molecule has 1 atom stereocenters. The molecule has 0 rings (SSSR count). The molecule has 0 aromatic heterocycles. The summed E-state index contributed by atoms with van der Waals surface area (Å²) in [5.74, 6) is -0.446. The van der Waals surface area contributed by atoms with Crippen LogP contribution in [0.25, 0.3) is 0 Å². The van der Waals surface area contributed by atoms with E-state index < -0.39 is 6.10 Å². The van der Waals surface area contributed by atoms with Crippen molar-refractivity contribution in [3.05, 3.63) is 12.2 Å². The Balaban J connectivity index is 3.94. The van der Waals surface area contributed by atoms with E-state index in [1.165, 1.54) is 128 Å². The number of hydrogen-bond acceptors (Lipinski definition) is 6. The Morgan fingerprint density at radius 2 is 0.978 bits per heavy atom. The van der Waals surface area contributed by atoms with Gasteiger partial charge in [-0.3, -0.25) is 9.59 Å². The highest BCUT2D eigenvalue weighted by atomic mass is 16.6. The fourth-order valence-electron chi connectivity index (χ4n) is 5.86. The molecule has 272 valence electrons. The van der Waals surface area contributed by atoms with Crippen molar-refractivity contribution in [2.24, 2.45) is 0 Å². The van der Waals surface area contributed by atoms with Crippen LogP contribution in [0.1, 0.15) is 194 Å². The molecule has 46 heavy (non-hydrogen) atoms. The summed E-state index contributed by atoms with van der Waals surface area (Å²) in [5.41, 5.74) is 0. The standard InChI is InChI=1S/C40H77NO5/c1-4-6-8-10-12-14-16-18-19-21-22-24-26-28-30-32-39(43)45-37-38(36-41(3)34-35-42)46-40(44)33-31-29-27-25-23-20-17-15-13-11-9-7-5-2/h18-19,38,42H,4-17,20-37H2,1-3H3/b19-18-/t38-/m0/s1. The number of carbonyl (C=O) groups is 2. The fraction of sp³-hybridized carbons (Fsp3) is 0.900. The van der Waals surface area contributed by atoms with Gasteiger partial charge in [0.2, 0.25) is 0 Å². The number of likely N-dealkylation sites (N-methyl/N-ethyl adjacent to an activating group) is 1. The number of carbonyl (C=O) groups excluding carboxylic acids is 2. The summed E-state index contributed by atoms with van der Waals surface area (Å²) in [5, 5.41) is 9.26. The third-order valence-electron chi connectivity index (χ3n) is 8.85. The third-order valence-corrected chi connectivity index (χ3v) is 8.85. The summed E-state index contributed by atoms with van der Waals surface area (Å²) < 4.78 is 11.2. The zero-order valence-electron chi connectivity index (χ0n) is 30.9. The third kappa shape index (κ3) is 33.9. The van der Waals surface area contributed by atoms with E-state index >= 15 is 0 Å². The van der Waals surface area contributed by atoms with Gasteiger partial charge in [-0.15, -0.1) is 0 Å². The monoisotopic (exact) mass is 652 g/mol. The van der Waals surface area contributed by atoms with E-state index in [1.807, 2.05) is 11.9 Å². The van der Waals surface area contributed by atoms with Crippen LogP contribution in [-0.2, 0) is 19.1 Å². The van der Waals surface area contributed by atoms with E-state index in [-0.39, 0.29) is 25.2 Å². The van der Waals surface area contributed by atoms with Crippen molar-refractivity contribution in [3.63, 3.8) is 0 Å². The van der Waals surface area contributed by atoms with Gasteiger partial charge in [-0.2, -0.15) is 0 Å². The van der Waals surface area contributed by atoms with Gasteiger partial charge in [0, 0.05) is 25.9 Å². The Labute approximate surface area is 285 Å². The molecule has 0 spiro atoms. The van der Waals surface area contributed by atoms with Gasteiger partial charge in [-0.25, -0.2) is 0 Å². The van der Waals surface area contributed by atoms with Crippen LogP contribution in [0.4, 0.5) is 0 Å². The van der Waals surface area contributed by atoms with E-state index in [2.05, 4.69) is 26.0 Å². The number of hydrogen-bond donors (Lipinski definition) is 1. The fourth-order valence-corrected chi connectivity index (χ4v) is 5.86. The number of ether oxygens (including phenoxy) is 2. The van der Waals surface area contributed by atoms with Crippen molar-refractivity contribution in [2.75, 3.05) is 33.4 Å². The maximum absolute atomic E-state index is 12.5. The predicted octanol–water partition coefficient (Wildman–Crippen LogP) is 10.9. The minimum atomic E-state index is -0.510. The number of nitrogens with zero attached hydrogens (tertiary/aromatic N) is 1. The summed E-state index contributed by atoms with van der Waals surface area (Å²) in [6.07, 6.45) is 37.4. The lowest BCUT2D eigenvalue weighted by molar-refractivity contribution is -0.160. The molecule has 1 N–H and O–H groups in total. The molecule has 0 bridgehead atoms. The summed E-state index contributed by atoms with van der Waals surface area (Å²) in [7, 11) is 1.87. The van der Waals surface area contributed by atoms with Gasteiger partial charge in [-0.1, -0.05) is 154 Å². The maximum Gasteiger partial charge on any atom is 0.306 e. The second-order valence-electron chi connectivity index (χ2n) is 13.6. The van der Waals surface area contributed by atoms with Crippen molar-refractivity contribution in [1.82, 2.24) is 4.90 Å². The molecule has 6 heteroatoms. The van der Waals surface area contributed by atoms with Crippen molar-refractivity contribution in [3.8, 4) is 0 Å². The topological polar surface area (TPSA) is 76.1 Å². The Kier molecular flexibility index (Phi) is 35.3. The lowest BCUT2D eigenvalue weighted by atomic mass is 10.0. The van der Waals surface area contributed by atoms with Crippen molar-refractivity contribution in [2.45, 2.75) is 200 Å². The van der Waals surface area contributed by atoms with Gasteiger partial charge in [0.05, 0.1) is 6.61 Å². The van der Waals surface area contributed by atoms with Crippen LogP contribution < -0.4 is 0 Å². The number of esters is 2. The number of rotatable bonds is 36. The highest BCUT2D eigenvalue weighted by molar-refractivity contribution is 5.70. The quantitative estimate of drug-likeness (QED) is 0.0413. The Hall–Kier alpha value is -1.40. The first-order valence-corrected chi connectivity index (χ1v) is 19.8. The molecule has 0 aliphatic heterocycles. The second kappa shape index (κ2) is 36.4. The SMILES string of the molecule is CCCCCCCC/C=C\CCCCCCCC(=O)OC[C@H](CN(C)CCO)OC(=O)CCCCCCCCCCCCCCC. The molecule has 0 aliphatic rings. The molecule has 0 heterocycles. The molecule has 0 saturated heterocycles. The van der Waals surface area contributed by atoms with E-state index in [9.17, 15) is 14.7 Å². The van der Waals surface area contributed by atoms with Gasteiger partial charge < -0.3 is 19.5 Å². The van der Waals surface area contributed by atoms with Crippen LogP contribution in [-0.4, -0.2) is 61.4 Å². The molecule has 0 aromatic rings. The molecule has 0 saturated carbocycles. The molecule has 0 aromatic carbocycles. The molecule has 0 fully saturated rings. The van der Waals surface area contributed by atoms with Gasteiger partial charge in [0.15, 0.2) is 0 Å². The van der Waals surface area contributed by atoms with Gasteiger partial charge >= 0.3 is 11.9 Å². The molecule has 6 nitrogen and oxygen atoms in total. The molecule has 0 radical (unpaired) electrons. The normalized spacial score (nSPS) is 12.3. The van der Waals surface area contributed by atoms with Crippen LogP contribution in [0.5, 0.6) is 0 Å². The van der Waals surface area contributed by atoms with E-state index in [0.717, 1.165) is 38.5 Å². The molecule has 0 amide bonds. The summed E-state index contributed by atoms with van der Waals surface area (Å²) in [6.45, 7) is 5.55. The Bertz CT molecular complexity index is 683. The largest absolute Gasteiger partial charge is 0.462 e. The zero-order chi connectivity index (χ0) is 33.8. The maximum atomic E-state index is 12.5. The summed E-state index contributed by atoms with van der Waals surface area (Å²) in [4.78, 5) is 26.8. The highest BCUT2D eigenvalue weighted by Gasteiger charge is 2.19. The number of allylic oxidation sites excluding steroid dienone is 2. The minimum Gasteiger partial charge on any atom is -0.462 e. The Morgan fingerprint density at radius 1 is 0.587 bits per heavy atom. The average molecular weight is 652 g/mol. The molecule has 0 unspecified atom stereocenters. The van der Waals surface area contributed by atoms with Crippen LogP contribution in [0.15, 0.2) is 12.2 Å². The van der Waals surface area contributed by atoms with Gasteiger partial charge in [0.1, 0.15) is 12.7 Å². The number of aliphatic hydroxyl groups excluding tert-OH is 1. The Morgan fingerprint density at radius 3 is 1.41 bits per heavy atom. The van der Waals surface area contributed by atoms with Crippen LogP contribution in [0.3, 0.4) is 0 Å². The van der Waals surface area contributed by atoms with Gasteiger partial charge in [-0.05, 0) is 45.6 Å². The first kappa shape index (κ1) is 44.6. The van der Waals surface area contributed by atoms with Crippen LogP contribution in [0, 0.1) is 0 Å². The van der Waals surface area contributed by atoms with Gasteiger partial charge in [0.25, 0.3) is 0 Å². The van der Waals surface area contributed by atoms with Crippen molar-refractivity contribution in [1.29, 1.82) is 0 Å². The molecular weight excluding hydrogens is 574 g/mol. The van der Waals surface area contributed by atoms with Crippen LogP contribution in [0.2, 0.25) is 0 Å². The molecular formula is C40H77NO5. The lowest BCUT2D eigenvalue weighted by Gasteiger charge is -2.23. The van der Waals surface area contributed by atoms with E-state index in [0.29, 0.717) is 25.9 Å². The first-order chi connectivity index (χ1) is 22.5. The lowest BCUT2D eigenvalue weighted by Crippen LogP contribution is -2.37. The first-order valence-electron chi connectivity index (χ1n) is 19.8.